The van der Waals surface area contributed by atoms with E-state index in [9.17, 15) is 4.79 Å². The van der Waals surface area contributed by atoms with Gasteiger partial charge in [-0.3, -0.25) is 4.79 Å². The summed E-state index contributed by atoms with van der Waals surface area (Å²) in [5, 5.41) is 0.733. The molecule has 3 heteroatoms. The summed E-state index contributed by atoms with van der Waals surface area (Å²) >= 11 is 5.95. The zero-order valence-electron chi connectivity index (χ0n) is 12.2. The fourth-order valence-electron chi connectivity index (χ4n) is 3.03. The van der Waals surface area contributed by atoms with Gasteiger partial charge in [0.15, 0.2) is 0 Å². The number of carbonyl (C=O) groups excluding carboxylic acids is 1. The Morgan fingerprint density at radius 1 is 1.35 bits per heavy atom. The molecule has 1 amide bonds. The maximum Gasteiger partial charge on any atom is 0.226 e. The molecule has 0 N–H and O–H groups in total. The molecule has 1 saturated heterocycles. The van der Waals surface area contributed by atoms with Crippen LogP contribution >= 0.6 is 11.6 Å². The molecule has 0 aromatic heterocycles. The first-order valence-electron chi connectivity index (χ1n) is 7.23. The highest BCUT2D eigenvalue weighted by atomic mass is 35.5. The second-order valence-corrected chi connectivity index (χ2v) is 6.14. The number of amides is 1. The molecule has 1 aromatic carbocycles. The van der Waals surface area contributed by atoms with E-state index in [1.54, 1.807) is 0 Å². The van der Waals surface area contributed by atoms with Gasteiger partial charge in [-0.1, -0.05) is 29.8 Å². The molecule has 1 unspecified atom stereocenters. The number of piperidine rings is 1. The molecule has 1 aliphatic rings. The van der Waals surface area contributed by atoms with Gasteiger partial charge in [0.2, 0.25) is 5.91 Å². The van der Waals surface area contributed by atoms with Gasteiger partial charge in [0.1, 0.15) is 0 Å². The highest BCUT2D eigenvalue weighted by molar-refractivity contribution is 6.30. The highest BCUT2D eigenvalue weighted by Crippen LogP contribution is 2.37. The van der Waals surface area contributed by atoms with E-state index in [1.165, 1.54) is 5.56 Å². The lowest BCUT2D eigenvalue weighted by atomic mass is 9.85. The fourth-order valence-corrected chi connectivity index (χ4v) is 3.16. The summed E-state index contributed by atoms with van der Waals surface area (Å²) in [6, 6.07) is 8.23. The summed E-state index contributed by atoms with van der Waals surface area (Å²) in [7, 11) is 0. The molecule has 1 heterocycles. The first-order chi connectivity index (χ1) is 9.54. The van der Waals surface area contributed by atoms with Crippen LogP contribution in [0.3, 0.4) is 0 Å². The minimum Gasteiger partial charge on any atom is -0.333 e. The number of likely N-dealkylation sites (tertiary alicyclic amines) is 1. The summed E-state index contributed by atoms with van der Waals surface area (Å²) in [6.45, 7) is 7.92. The summed E-state index contributed by atoms with van der Waals surface area (Å²) in [5.74, 6) is 0.351. The van der Waals surface area contributed by atoms with Crippen molar-refractivity contribution >= 4 is 17.5 Å². The zero-order chi connectivity index (χ0) is 14.7. The minimum absolute atomic E-state index is 0.0958. The molecular formula is C17H22ClNO. The van der Waals surface area contributed by atoms with Crippen molar-refractivity contribution in [2.75, 3.05) is 0 Å². The average molecular weight is 292 g/mol. The van der Waals surface area contributed by atoms with E-state index in [1.807, 2.05) is 35.2 Å². The van der Waals surface area contributed by atoms with Crippen molar-refractivity contribution in [1.29, 1.82) is 0 Å². The Hall–Kier alpha value is -1.28. The predicted octanol–water partition coefficient (Wildman–Crippen LogP) is 4.60. The molecule has 1 fully saturated rings. The van der Waals surface area contributed by atoms with Crippen molar-refractivity contribution in [3.63, 3.8) is 0 Å². The molecule has 2 rings (SSSR count). The van der Waals surface area contributed by atoms with Crippen LogP contribution in [0.25, 0.3) is 0 Å². The van der Waals surface area contributed by atoms with Crippen LogP contribution in [0.5, 0.6) is 0 Å². The van der Waals surface area contributed by atoms with Crippen molar-refractivity contribution in [2.24, 2.45) is 5.92 Å². The molecule has 108 valence electrons. The Morgan fingerprint density at radius 2 is 2.00 bits per heavy atom. The first kappa shape index (κ1) is 15.1. The average Bonchev–Trinajstić information content (AvgIpc) is 2.41. The van der Waals surface area contributed by atoms with Crippen molar-refractivity contribution < 1.29 is 4.79 Å². The maximum absolute atomic E-state index is 12.7. The summed E-state index contributed by atoms with van der Waals surface area (Å²) in [4.78, 5) is 14.7. The van der Waals surface area contributed by atoms with Crippen molar-refractivity contribution in [3.8, 4) is 0 Å². The third kappa shape index (κ3) is 3.06. The van der Waals surface area contributed by atoms with Gasteiger partial charge in [0, 0.05) is 17.0 Å². The number of halogens is 1. The third-order valence-corrected chi connectivity index (χ3v) is 4.24. The predicted molar refractivity (Wildman–Crippen MR) is 83.7 cm³/mol. The standard InChI is InChI=1S/C17H22ClNO/c1-4-5-14-8-11-16(19(12(2)3)17(14)20)13-6-9-15(18)10-7-13/h4,6-7,9-10,12,14,16H,1,5,8,11H2,2-3H3/t14-,16?/m0/s1. The van der Waals surface area contributed by atoms with E-state index in [2.05, 4.69) is 20.4 Å². The Bertz CT molecular complexity index is 480. The normalized spacial score (nSPS) is 23.2. The van der Waals surface area contributed by atoms with Gasteiger partial charge in [-0.2, -0.15) is 0 Å². The fraction of sp³-hybridized carbons (Fsp3) is 0.471. The van der Waals surface area contributed by atoms with Gasteiger partial charge >= 0.3 is 0 Å². The van der Waals surface area contributed by atoms with Gasteiger partial charge < -0.3 is 4.90 Å². The van der Waals surface area contributed by atoms with E-state index in [4.69, 9.17) is 11.6 Å². The lowest BCUT2D eigenvalue weighted by molar-refractivity contribution is -0.144. The van der Waals surface area contributed by atoms with E-state index in [0.29, 0.717) is 0 Å². The smallest absolute Gasteiger partial charge is 0.226 e. The summed E-state index contributed by atoms with van der Waals surface area (Å²) in [5.41, 5.74) is 1.17. The number of carbonyl (C=O) groups is 1. The van der Waals surface area contributed by atoms with Crippen molar-refractivity contribution in [2.45, 2.75) is 45.2 Å². The molecule has 2 nitrogen and oxygen atoms in total. The molecule has 2 atom stereocenters. The van der Waals surface area contributed by atoms with Crippen LogP contribution in [0, 0.1) is 5.92 Å². The van der Waals surface area contributed by atoms with Gasteiger partial charge in [-0.25, -0.2) is 0 Å². The Balaban J connectivity index is 2.26. The molecule has 0 aliphatic carbocycles. The van der Waals surface area contributed by atoms with Crippen LogP contribution in [-0.2, 0) is 4.79 Å². The van der Waals surface area contributed by atoms with Crippen LogP contribution in [0.2, 0.25) is 5.02 Å². The summed E-state index contributed by atoms with van der Waals surface area (Å²) < 4.78 is 0. The van der Waals surface area contributed by atoms with Crippen LogP contribution < -0.4 is 0 Å². The van der Waals surface area contributed by atoms with Crippen molar-refractivity contribution in [1.82, 2.24) is 4.90 Å². The Morgan fingerprint density at radius 3 is 2.55 bits per heavy atom. The lowest BCUT2D eigenvalue weighted by Crippen LogP contribution is -2.46. The second kappa shape index (κ2) is 6.45. The number of nitrogens with zero attached hydrogens (tertiary/aromatic N) is 1. The molecule has 1 aromatic rings. The molecule has 0 bridgehead atoms. The number of hydrogen-bond donors (Lipinski definition) is 0. The van der Waals surface area contributed by atoms with Crippen LogP contribution in [-0.4, -0.2) is 16.8 Å². The molecular weight excluding hydrogens is 270 g/mol. The highest BCUT2D eigenvalue weighted by Gasteiger charge is 2.36. The number of allylic oxidation sites excluding steroid dienone is 1. The monoisotopic (exact) mass is 291 g/mol. The van der Waals surface area contributed by atoms with E-state index in [0.717, 1.165) is 24.3 Å². The van der Waals surface area contributed by atoms with Crippen LogP contribution in [0.4, 0.5) is 0 Å². The number of hydrogen-bond acceptors (Lipinski definition) is 1. The largest absolute Gasteiger partial charge is 0.333 e. The zero-order valence-corrected chi connectivity index (χ0v) is 12.9. The maximum atomic E-state index is 12.7. The van der Waals surface area contributed by atoms with Gasteiger partial charge in [-0.15, -0.1) is 6.58 Å². The first-order valence-corrected chi connectivity index (χ1v) is 7.61. The Labute approximate surface area is 126 Å². The van der Waals surface area contributed by atoms with Gasteiger partial charge in [0.25, 0.3) is 0 Å². The minimum atomic E-state index is 0.0958. The quantitative estimate of drug-likeness (QED) is 0.742. The van der Waals surface area contributed by atoms with Crippen molar-refractivity contribution in [3.05, 3.63) is 47.5 Å². The van der Waals surface area contributed by atoms with Gasteiger partial charge in [-0.05, 0) is 50.8 Å². The topological polar surface area (TPSA) is 20.3 Å². The van der Waals surface area contributed by atoms with E-state index in [-0.39, 0.29) is 23.9 Å². The third-order valence-electron chi connectivity index (χ3n) is 3.99. The number of rotatable bonds is 4. The van der Waals surface area contributed by atoms with E-state index >= 15 is 0 Å². The second-order valence-electron chi connectivity index (χ2n) is 5.71. The molecule has 1 aliphatic heterocycles. The van der Waals surface area contributed by atoms with Gasteiger partial charge in [0.05, 0.1) is 6.04 Å². The lowest BCUT2D eigenvalue weighted by Gasteiger charge is -2.42. The molecule has 0 radical (unpaired) electrons. The van der Waals surface area contributed by atoms with Crippen LogP contribution in [0.15, 0.2) is 36.9 Å². The molecule has 0 saturated carbocycles. The summed E-state index contributed by atoms with van der Waals surface area (Å²) in [6.07, 6.45) is 4.56. The number of benzene rings is 1. The molecule has 0 spiro atoms. The van der Waals surface area contributed by atoms with Crippen LogP contribution in [0.1, 0.15) is 44.7 Å². The Kier molecular flexibility index (Phi) is 4.87. The molecule has 20 heavy (non-hydrogen) atoms. The van der Waals surface area contributed by atoms with E-state index < -0.39 is 0 Å². The SMILES string of the molecule is C=CC[C@H]1CCC(c2ccc(Cl)cc2)N(C(C)C)C1=O.